The predicted molar refractivity (Wildman–Crippen MR) is 112 cm³/mol. The molecule has 0 N–H and O–H groups in total. The SMILES string of the molecule is CC.CC1(C)C2CC3OB(Cc4cccc(C(=O)OP)c4OP)OC3C1C2. The van der Waals surface area contributed by atoms with Gasteiger partial charge in [0.25, 0.3) is 0 Å². The molecule has 1 aromatic rings. The van der Waals surface area contributed by atoms with E-state index >= 15 is 0 Å². The molecule has 1 aliphatic heterocycles. The molecule has 3 saturated carbocycles. The topological polar surface area (TPSA) is 54.0 Å². The minimum atomic E-state index is -0.450. The second-order valence-corrected chi connectivity index (χ2v) is 8.29. The third-order valence-corrected chi connectivity index (χ3v) is 6.84. The van der Waals surface area contributed by atoms with Crippen molar-refractivity contribution in [3.63, 3.8) is 0 Å². The first-order chi connectivity index (χ1) is 13.0. The lowest BCUT2D eigenvalue weighted by molar-refractivity contribution is -0.150. The van der Waals surface area contributed by atoms with Gasteiger partial charge in [0.05, 0.1) is 31.1 Å². The second-order valence-electron chi connectivity index (χ2n) is 7.82. The van der Waals surface area contributed by atoms with Crippen LogP contribution in [0.2, 0.25) is 0 Å². The van der Waals surface area contributed by atoms with Crippen LogP contribution in [0.25, 0.3) is 0 Å². The van der Waals surface area contributed by atoms with Crippen molar-refractivity contribution in [1.29, 1.82) is 0 Å². The molecule has 1 saturated heterocycles. The van der Waals surface area contributed by atoms with Crippen LogP contribution >= 0.6 is 18.9 Å². The smallest absolute Gasteiger partial charge is 0.462 e. The summed E-state index contributed by atoms with van der Waals surface area (Å²) in [5, 5.41) is 0. The van der Waals surface area contributed by atoms with E-state index in [0.29, 0.717) is 29.0 Å². The summed E-state index contributed by atoms with van der Waals surface area (Å²) >= 11 is 0. The Morgan fingerprint density at radius 1 is 1.26 bits per heavy atom. The van der Waals surface area contributed by atoms with Crippen molar-refractivity contribution in [3.05, 3.63) is 29.3 Å². The van der Waals surface area contributed by atoms with E-state index in [9.17, 15) is 4.79 Å². The molecule has 0 aromatic heterocycles. The van der Waals surface area contributed by atoms with Crippen LogP contribution in [-0.2, 0) is 20.2 Å². The van der Waals surface area contributed by atoms with E-state index in [1.807, 2.05) is 35.4 Å². The molecule has 1 heterocycles. The summed E-state index contributed by atoms with van der Waals surface area (Å²) in [7, 11) is 3.87. The fourth-order valence-electron chi connectivity index (χ4n) is 4.79. The molecule has 4 aliphatic rings. The Bertz CT molecular complexity index is 699. The van der Waals surface area contributed by atoms with Gasteiger partial charge in [-0.05, 0) is 41.7 Å². The highest BCUT2D eigenvalue weighted by molar-refractivity contribution is 7.11. The van der Waals surface area contributed by atoms with Crippen molar-refractivity contribution in [1.82, 2.24) is 0 Å². The standard InChI is InChI=1S/C17H23BO5P2.C2H6/c1-17(2)10-6-12(17)15-13(7-10)20-18(21-15)8-9-4-3-5-11(14(9)22-24)16(19)23-25;1-2/h3-5,10,12-13,15H,6-8,24-25H2,1-2H3;1-2H3. The largest absolute Gasteiger partial charge is 0.479 e. The van der Waals surface area contributed by atoms with Crippen molar-refractivity contribution in [2.45, 2.75) is 59.1 Å². The average molecular weight is 410 g/mol. The first-order valence-corrected chi connectivity index (χ1v) is 10.6. The van der Waals surface area contributed by atoms with Crippen molar-refractivity contribution >= 4 is 32.0 Å². The van der Waals surface area contributed by atoms with Gasteiger partial charge in [0.15, 0.2) is 0 Å². The highest BCUT2D eigenvalue weighted by atomic mass is 31.0. The number of rotatable bonds is 4. The van der Waals surface area contributed by atoms with Gasteiger partial charge < -0.3 is 18.4 Å². The zero-order valence-electron chi connectivity index (χ0n) is 16.4. The maximum absolute atomic E-state index is 11.9. The van der Waals surface area contributed by atoms with Gasteiger partial charge in [-0.1, -0.05) is 39.8 Å². The van der Waals surface area contributed by atoms with Crippen molar-refractivity contribution in [2.24, 2.45) is 17.3 Å². The molecular formula is C19H29BO5P2. The van der Waals surface area contributed by atoms with Crippen molar-refractivity contribution in [2.75, 3.05) is 0 Å². The molecular weight excluding hydrogens is 381 g/mol. The lowest BCUT2D eigenvalue weighted by atomic mass is 9.47. The van der Waals surface area contributed by atoms with Crippen LogP contribution in [0.5, 0.6) is 5.75 Å². The highest BCUT2D eigenvalue weighted by Gasteiger charge is 2.61. The Morgan fingerprint density at radius 3 is 2.63 bits per heavy atom. The fraction of sp³-hybridized carbons (Fsp3) is 0.632. The Labute approximate surface area is 167 Å². The van der Waals surface area contributed by atoms with Crippen LogP contribution in [0.15, 0.2) is 18.2 Å². The normalized spacial score (nSPS) is 29.8. The third-order valence-electron chi connectivity index (χ3n) is 6.39. The van der Waals surface area contributed by atoms with E-state index in [1.54, 1.807) is 6.07 Å². The zero-order chi connectivity index (χ0) is 19.8. The van der Waals surface area contributed by atoms with Gasteiger partial charge in [0.1, 0.15) is 11.3 Å². The molecule has 148 valence electrons. The van der Waals surface area contributed by atoms with E-state index in [4.69, 9.17) is 18.4 Å². The first-order valence-electron chi connectivity index (χ1n) is 9.66. The first kappa shape index (κ1) is 21.1. The lowest BCUT2D eigenvalue weighted by Gasteiger charge is -2.60. The van der Waals surface area contributed by atoms with Gasteiger partial charge in [-0.2, -0.15) is 0 Å². The van der Waals surface area contributed by atoms with Gasteiger partial charge in [0, 0.05) is 6.32 Å². The number of para-hydroxylation sites is 1. The van der Waals surface area contributed by atoms with Crippen molar-refractivity contribution < 1.29 is 23.2 Å². The lowest BCUT2D eigenvalue weighted by Crippen LogP contribution is -2.59. The molecule has 5 rings (SSSR count). The second kappa shape index (κ2) is 8.37. The summed E-state index contributed by atoms with van der Waals surface area (Å²) in [4.78, 5) is 11.9. The van der Waals surface area contributed by atoms with Crippen LogP contribution in [0, 0.1) is 17.3 Å². The summed E-state index contributed by atoms with van der Waals surface area (Å²) < 4.78 is 22.6. The Kier molecular flexibility index (Phi) is 6.53. The van der Waals surface area contributed by atoms with Crippen LogP contribution < -0.4 is 4.52 Å². The maximum atomic E-state index is 11.9. The van der Waals surface area contributed by atoms with E-state index in [0.717, 1.165) is 17.9 Å². The summed E-state index contributed by atoms with van der Waals surface area (Å²) in [5.41, 5.74) is 1.62. The molecule has 0 spiro atoms. The Hall–Kier alpha value is -0.665. The Morgan fingerprint density at radius 2 is 2.00 bits per heavy atom. The van der Waals surface area contributed by atoms with E-state index in [1.165, 1.54) is 6.42 Å². The number of benzene rings is 1. The molecule has 0 radical (unpaired) electrons. The molecule has 6 atom stereocenters. The maximum Gasteiger partial charge on any atom is 0.462 e. The number of hydrogen-bond acceptors (Lipinski definition) is 5. The molecule has 5 nitrogen and oxygen atoms in total. The quantitative estimate of drug-likeness (QED) is 0.549. The fourth-order valence-corrected chi connectivity index (χ4v) is 5.20. The molecule has 4 fully saturated rings. The monoisotopic (exact) mass is 410 g/mol. The molecule has 6 unspecified atom stereocenters. The van der Waals surface area contributed by atoms with Crippen molar-refractivity contribution in [3.8, 4) is 5.75 Å². The predicted octanol–water partition coefficient (Wildman–Crippen LogP) is 4.25. The highest BCUT2D eigenvalue weighted by Crippen LogP contribution is 2.61. The molecule has 3 aliphatic carbocycles. The molecule has 2 bridgehead atoms. The van der Waals surface area contributed by atoms with Gasteiger partial charge in [-0.25, -0.2) is 4.79 Å². The van der Waals surface area contributed by atoms with Gasteiger partial charge in [-0.3, -0.25) is 0 Å². The van der Waals surface area contributed by atoms with E-state index < -0.39 is 5.97 Å². The van der Waals surface area contributed by atoms with Gasteiger partial charge in [-0.15, -0.1) is 0 Å². The van der Waals surface area contributed by atoms with Crippen LogP contribution in [0.1, 0.15) is 56.5 Å². The minimum Gasteiger partial charge on any atom is -0.479 e. The van der Waals surface area contributed by atoms with Gasteiger partial charge >= 0.3 is 13.1 Å². The molecule has 0 amide bonds. The van der Waals surface area contributed by atoms with Crippen LogP contribution in [0.4, 0.5) is 0 Å². The number of carbonyl (C=O) groups is 1. The van der Waals surface area contributed by atoms with Crippen LogP contribution in [-0.4, -0.2) is 25.3 Å². The zero-order valence-corrected chi connectivity index (χ0v) is 18.7. The summed E-state index contributed by atoms with van der Waals surface area (Å²) in [6.45, 7) is 8.69. The molecule has 8 heteroatoms. The van der Waals surface area contributed by atoms with Crippen LogP contribution in [0.3, 0.4) is 0 Å². The number of carbonyl (C=O) groups excluding carboxylic acids is 1. The Balaban J connectivity index is 0.00000102. The third kappa shape index (κ3) is 3.67. The van der Waals surface area contributed by atoms with E-state index in [2.05, 4.69) is 23.3 Å². The average Bonchev–Trinajstić information content (AvgIpc) is 3.10. The summed E-state index contributed by atoms with van der Waals surface area (Å²) in [6, 6.07) is 5.43. The minimum absolute atomic E-state index is 0.186. The number of hydrogen-bond donors (Lipinski definition) is 0. The summed E-state index contributed by atoms with van der Waals surface area (Å²) in [5.74, 6) is 1.37. The van der Waals surface area contributed by atoms with Gasteiger partial charge in [0.2, 0.25) is 0 Å². The summed E-state index contributed by atoms with van der Waals surface area (Å²) in [6.07, 6.45) is 3.26. The molecule has 27 heavy (non-hydrogen) atoms. The molecule has 1 aromatic carbocycles. The van der Waals surface area contributed by atoms with E-state index in [-0.39, 0.29) is 19.3 Å².